The Morgan fingerprint density at radius 1 is 1.25 bits per heavy atom. The number of nitrogens with zero attached hydrogens (tertiary/aromatic N) is 1. The molecule has 2 heterocycles. The Morgan fingerprint density at radius 2 is 1.90 bits per heavy atom. The maximum absolute atomic E-state index is 12.4. The molecule has 1 amide bonds. The summed E-state index contributed by atoms with van der Waals surface area (Å²) in [4.78, 5) is 17.2. The first-order chi connectivity index (χ1) is 9.47. The molecule has 1 fully saturated rings. The van der Waals surface area contributed by atoms with Crippen molar-refractivity contribution in [2.45, 2.75) is 26.1 Å². The van der Waals surface area contributed by atoms with Crippen molar-refractivity contribution in [1.82, 2.24) is 9.88 Å². The van der Waals surface area contributed by atoms with E-state index in [-0.39, 0.29) is 19.0 Å². The molecule has 20 heavy (non-hydrogen) atoms. The third kappa shape index (κ3) is 1.99. The van der Waals surface area contributed by atoms with Crippen molar-refractivity contribution in [3.8, 4) is 0 Å². The number of fused-ring (bicyclic) bond motifs is 1. The average Bonchev–Trinajstić information content (AvgIpc) is 2.90. The first-order valence-electron chi connectivity index (χ1n) is 6.71. The van der Waals surface area contributed by atoms with Gasteiger partial charge in [-0.1, -0.05) is 0 Å². The number of aliphatic hydroxyl groups is 2. The molecule has 3 N–H and O–H groups in total. The van der Waals surface area contributed by atoms with Crippen molar-refractivity contribution in [2.75, 3.05) is 13.1 Å². The minimum Gasteiger partial charge on any atom is -0.388 e. The molecule has 1 aromatic carbocycles. The number of benzene rings is 1. The summed E-state index contributed by atoms with van der Waals surface area (Å²) >= 11 is 0. The molecule has 0 saturated carbocycles. The largest absolute Gasteiger partial charge is 0.388 e. The molecular formula is C15H18N2O3. The summed E-state index contributed by atoms with van der Waals surface area (Å²) in [5.74, 6) is -0.152. The van der Waals surface area contributed by atoms with Crippen molar-refractivity contribution in [3.63, 3.8) is 0 Å². The molecule has 3 rings (SSSR count). The van der Waals surface area contributed by atoms with Gasteiger partial charge in [-0.3, -0.25) is 4.79 Å². The van der Waals surface area contributed by atoms with Crippen LogP contribution in [-0.4, -0.2) is 51.3 Å². The highest BCUT2D eigenvalue weighted by molar-refractivity contribution is 5.99. The van der Waals surface area contributed by atoms with E-state index in [1.54, 1.807) is 6.07 Å². The van der Waals surface area contributed by atoms with E-state index in [4.69, 9.17) is 0 Å². The molecule has 5 nitrogen and oxygen atoms in total. The van der Waals surface area contributed by atoms with Gasteiger partial charge in [0, 0.05) is 35.2 Å². The van der Waals surface area contributed by atoms with Crippen LogP contribution in [0.15, 0.2) is 18.2 Å². The number of carbonyl (C=O) groups is 1. The first kappa shape index (κ1) is 13.1. The molecule has 5 heteroatoms. The minimum absolute atomic E-state index is 0.152. The highest BCUT2D eigenvalue weighted by Gasteiger charge is 2.33. The molecule has 0 spiro atoms. The SMILES string of the molecule is Cc1[nH]c2ccc(C(=O)N3CC(O)C(O)C3)cc2c1C. The van der Waals surface area contributed by atoms with Crippen molar-refractivity contribution >= 4 is 16.8 Å². The predicted molar refractivity (Wildman–Crippen MR) is 75.7 cm³/mol. The summed E-state index contributed by atoms with van der Waals surface area (Å²) in [6.07, 6.45) is -1.70. The van der Waals surface area contributed by atoms with Crippen LogP contribution in [-0.2, 0) is 0 Å². The Kier molecular flexibility index (Phi) is 3.03. The number of aryl methyl sites for hydroxylation is 2. The van der Waals surface area contributed by atoms with E-state index < -0.39 is 12.2 Å². The van der Waals surface area contributed by atoms with Crippen LogP contribution < -0.4 is 0 Å². The Bertz CT molecular complexity index is 667. The van der Waals surface area contributed by atoms with Gasteiger partial charge in [0.1, 0.15) is 0 Å². The molecule has 2 unspecified atom stereocenters. The van der Waals surface area contributed by atoms with Crippen LogP contribution in [0.25, 0.3) is 10.9 Å². The van der Waals surface area contributed by atoms with Gasteiger partial charge in [-0.2, -0.15) is 0 Å². The predicted octanol–water partition coefficient (Wildman–Crippen LogP) is 0.962. The molecular weight excluding hydrogens is 256 g/mol. The lowest BCUT2D eigenvalue weighted by molar-refractivity contribution is 0.0572. The molecule has 0 bridgehead atoms. The summed E-state index contributed by atoms with van der Waals surface area (Å²) in [7, 11) is 0. The van der Waals surface area contributed by atoms with Crippen LogP contribution in [0.1, 0.15) is 21.6 Å². The minimum atomic E-state index is -0.848. The summed E-state index contributed by atoms with van der Waals surface area (Å²) in [5, 5.41) is 20.1. The molecule has 2 atom stereocenters. The van der Waals surface area contributed by atoms with Crippen LogP contribution in [0.4, 0.5) is 0 Å². The quantitative estimate of drug-likeness (QED) is 0.725. The number of hydrogen-bond donors (Lipinski definition) is 3. The highest BCUT2D eigenvalue weighted by atomic mass is 16.3. The number of β-amino-alcohol motifs (C(OH)–C–C–N with tert-alkyl or cyclic N) is 2. The maximum Gasteiger partial charge on any atom is 0.254 e. The Hall–Kier alpha value is -1.85. The number of aromatic nitrogens is 1. The van der Waals surface area contributed by atoms with Gasteiger partial charge in [0.2, 0.25) is 0 Å². The second-order valence-electron chi connectivity index (χ2n) is 5.48. The fourth-order valence-corrected chi connectivity index (χ4v) is 2.71. The smallest absolute Gasteiger partial charge is 0.254 e. The number of likely N-dealkylation sites (tertiary alicyclic amines) is 1. The van der Waals surface area contributed by atoms with Gasteiger partial charge in [0.15, 0.2) is 0 Å². The lowest BCUT2D eigenvalue weighted by atomic mass is 10.1. The maximum atomic E-state index is 12.4. The van der Waals surface area contributed by atoms with Crippen molar-refractivity contribution in [2.24, 2.45) is 0 Å². The number of hydrogen-bond acceptors (Lipinski definition) is 3. The number of amides is 1. The van der Waals surface area contributed by atoms with E-state index >= 15 is 0 Å². The molecule has 1 aliphatic heterocycles. The van der Waals surface area contributed by atoms with E-state index in [2.05, 4.69) is 4.98 Å². The van der Waals surface area contributed by atoms with E-state index in [1.165, 1.54) is 4.90 Å². The Balaban J connectivity index is 1.94. The van der Waals surface area contributed by atoms with Gasteiger partial charge >= 0.3 is 0 Å². The second kappa shape index (κ2) is 4.61. The lowest BCUT2D eigenvalue weighted by Gasteiger charge is -2.15. The number of H-pyrrole nitrogens is 1. The van der Waals surface area contributed by atoms with Crippen molar-refractivity contribution in [3.05, 3.63) is 35.0 Å². The number of nitrogens with one attached hydrogen (secondary N) is 1. The Labute approximate surface area is 116 Å². The highest BCUT2D eigenvalue weighted by Crippen LogP contribution is 2.23. The molecule has 106 valence electrons. The number of aliphatic hydroxyl groups excluding tert-OH is 2. The van der Waals surface area contributed by atoms with Gasteiger partial charge in [0.05, 0.1) is 12.2 Å². The number of aromatic amines is 1. The van der Waals surface area contributed by atoms with Crippen LogP contribution in [0, 0.1) is 13.8 Å². The van der Waals surface area contributed by atoms with E-state index in [0.717, 1.165) is 22.2 Å². The van der Waals surface area contributed by atoms with Gasteiger partial charge in [0.25, 0.3) is 5.91 Å². The van der Waals surface area contributed by atoms with Crippen LogP contribution in [0.2, 0.25) is 0 Å². The average molecular weight is 274 g/mol. The van der Waals surface area contributed by atoms with Crippen molar-refractivity contribution in [1.29, 1.82) is 0 Å². The van der Waals surface area contributed by atoms with Crippen molar-refractivity contribution < 1.29 is 15.0 Å². The standard InChI is InChI=1S/C15H18N2O3/c1-8-9(2)16-12-4-3-10(5-11(8)12)15(20)17-6-13(18)14(19)7-17/h3-5,13-14,16,18-19H,6-7H2,1-2H3. The summed E-state index contributed by atoms with van der Waals surface area (Å²) in [5.41, 5.74) is 3.83. The third-order valence-electron chi connectivity index (χ3n) is 4.10. The molecule has 2 aromatic rings. The summed E-state index contributed by atoms with van der Waals surface area (Å²) in [6, 6.07) is 5.54. The zero-order valence-electron chi connectivity index (χ0n) is 11.6. The third-order valence-corrected chi connectivity index (χ3v) is 4.10. The zero-order chi connectivity index (χ0) is 14.4. The van der Waals surface area contributed by atoms with E-state index in [1.807, 2.05) is 26.0 Å². The number of carbonyl (C=O) groups excluding carboxylic acids is 1. The molecule has 1 aliphatic rings. The zero-order valence-corrected chi connectivity index (χ0v) is 11.6. The fraction of sp³-hybridized carbons (Fsp3) is 0.400. The Morgan fingerprint density at radius 3 is 2.55 bits per heavy atom. The molecule has 1 aromatic heterocycles. The second-order valence-corrected chi connectivity index (χ2v) is 5.48. The van der Waals surface area contributed by atoms with Gasteiger partial charge in [-0.15, -0.1) is 0 Å². The van der Waals surface area contributed by atoms with Crippen LogP contribution in [0.3, 0.4) is 0 Å². The number of rotatable bonds is 1. The van der Waals surface area contributed by atoms with E-state index in [0.29, 0.717) is 5.56 Å². The monoisotopic (exact) mass is 274 g/mol. The normalized spacial score (nSPS) is 22.7. The van der Waals surface area contributed by atoms with Gasteiger partial charge < -0.3 is 20.1 Å². The first-order valence-corrected chi connectivity index (χ1v) is 6.71. The topological polar surface area (TPSA) is 76.6 Å². The van der Waals surface area contributed by atoms with E-state index in [9.17, 15) is 15.0 Å². The molecule has 1 saturated heterocycles. The summed E-state index contributed by atoms with van der Waals surface area (Å²) < 4.78 is 0. The molecule has 0 aliphatic carbocycles. The molecule has 0 radical (unpaired) electrons. The van der Waals surface area contributed by atoms with Gasteiger partial charge in [-0.05, 0) is 37.6 Å². The lowest BCUT2D eigenvalue weighted by Crippen LogP contribution is -2.29. The van der Waals surface area contributed by atoms with Crippen LogP contribution >= 0.6 is 0 Å². The van der Waals surface area contributed by atoms with Gasteiger partial charge in [-0.25, -0.2) is 0 Å². The summed E-state index contributed by atoms with van der Waals surface area (Å²) in [6.45, 7) is 4.39. The van der Waals surface area contributed by atoms with Crippen LogP contribution in [0.5, 0.6) is 0 Å². The fourth-order valence-electron chi connectivity index (χ4n) is 2.71.